The zero-order valence-electron chi connectivity index (χ0n) is 14.1. The minimum atomic E-state index is -0.784. The van der Waals surface area contributed by atoms with Crippen molar-refractivity contribution < 1.29 is 18.4 Å². The van der Waals surface area contributed by atoms with Crippen LogP contribution in [0.2, 0.25) is 0 Å². The van der Waals surface area contributed by atoms with Gasteiger partial charge in [-0.1, -0.05) is 6.07 Å². The van der Waals surface area contributed by atoms with E-state index in [2.05, 4.69) is 5.32 Å². The van der Waals surface area contributed by atoms with Crippen LogP contribution in [0.15, 0.2) is 18.2 Å². The number of nitrogens with zero attached hydrogens (tertiary/aromatic N) is 1. The minimum absolute atomic E-state index is 0.0563. The predicted octanol–water partition coefficient (Wildman–Crippen LogP) is 3.58. The third kappa shape index (κ3) is 4.10. The molecule has 0 radical (unpaired) electrons. The largest absolute Gasteiger partial charge is 0.343 e. The minimum Gasteiger partial charge on any atom is -0.343 e. The van der Waals surface area contributed by atoms with E-state index in [0.29, 0.717) is 38.8 Å². The van der Waals surface area contributed by atoms with Crippen molar-refractivity contribution in [1.29, 1.82) is 0 Å². The van der Waals surface area contributed by atoms with Crippen LogP contribution in [0.1, 0.15) is 39.5 Å². The summed E-state index contributed by atoms with van der Waals surface area (Å²) in [7, 11) is 0. The lowest BCUT2D eigenvalue weighted by molar-refractivity contribution is -0.137. The van der Waals surface area contributed by atoms with Gasteiger partial charge in [-0.2, -0.15) is 0 Å². The molecule has 0 atom stereocenters. The highest BCUT2D eigenvalue weighted by Crippen LogP contribution is 2.31. The van der Waals surface area contributed by atoms with Gasteiger partial charge in [-0.25, -0.2) is 8.78 Å². The van der Waals surface area contributed by atoms with Crippen molar-refractivity contribution in [2.24, 2.45) is 11.8 Å². The molecular formula is C18H24F2N2O2. The summed E-state index contributed by atoms with van der Waals surface area (Å²) in [5.41, 5.74) is -0.399. The number of para-hydroxylation sites is 1. The van der Waals surface area contributed by atoms with Crippen LogP contribution in [-0.4, -0.2) is 29.8 Å². The number of halogens is 2. The van der Waals surface area contributed by atoms with Crippen LogP contribution in [0.4, 0.5) is 14.5 Å². The van der Waals surface area contributed by atoms with Crippen LogP contribution >= 0.6 is 0 Å². The van der Waals surface area contributed by atoms with Crippen molar-refractivity contribution in [3.05, 3.63) is 29.8 Å². The second-order valence-corrected chi connectivity index (χ2v) is 6.14. The third-order valence-corrected chi connectivity index (χ3v) is 4.73. The Hall–Kier alpha value is -1.98. The van der Waals surface area contributed by atoms with Gasteiger partial charge in [-0.15, -0.1) is 0 Å². The van der Waals surface area contributed by atoms with Crippen molar-refractivity contribution in [2.75, 3.05) is 18.4 Å². The van der Waals surface area contributed by atoms with Crippen molar-refractivity contribution in [2.45, 2.75) is 39.5 Å². The Morgan fingerprint density at radius 3 is 2.04 bits per heavy atom. The summed E-state index contributed by atoms with van der Waals surface area (Å²) in [6, 6.07) is 3.47. The Bertz CT molecular complexity index is 574. The molecule has 24 heavy (non-hydrogen) atoms. The number of nitrogens with one attached hydrogen (secondary N) is 1. The Labute approximate surface area is 141 Å². The molecule has 1 saturated carbocycles. The number of amides is 2. The monoisotopic (exact) mass is 338 g/mol. The molecular weight excluding hydrogens is 314 g/mol. The molecule has 0 spiro atoms. The van der Waals surface area contributed by atoms with E-state index in [0.717, 1.165) is 12.1 Å². The van der Waals surface area contributed by atoms with Crippen LogP contribution in [0, 0.1) is 23.5 Å². The number of carbonyl (C=O) groups is 2. The van der Waals surface area contributed by atoms with Crippen LogP contribution < -0.4 is 5.32 Å². The van der Waals surface area contributed by atoms with E-state index in [-0.39, 0.29) is 23.7 Å². The molecule has 1 fully saturated rings. The fourth-order valence-corrected chi connectivity index (χ4v) is 3.24. The Morgan fingerprint density at radius 1 is 1.04 bits per heavy atom. The van der Waals surface area contributed by atoms with Crippen LogP contribution in [0.5, 0.6) is 0 Å². The first-order valence-corrected chi connectivity index (χ1v) is 8.51. The molecule has 0 aromatic heterocycles. The van der Waals surface area contributed by atoms with Crippen molar-refractivity contribution in [1.82, 2.24) is 4.90 Å². The van der Waals surface area contributed by atoms with Gasteiger partial charge in [0.05, 0.1) is 0 Å². The quantitative estimate of drug-likeness (QED) is 0.892. The fourth-order valence-electron chi connectivity index (χ4n) is 3.24. The van der Waals surface area contributed by atoms with Crippen LogP contribution in [-0.2, 0) is 9.59 Å². The lowest BCUT2D eigenvalue weighted by atomic mass is 9.81. The van der Waals surface area contributed by atoms with E-state index < -0.39 is 17.3 Å². The maximum atomic E-state index is 13.6. The lowest BCUT2D eigenvalue weighted by Crippen LogP contribution is -2.38. The molecule has 132 valence electrons. The maximum Gasteiger partial charge on any atom is 0.227 e. The van der Waals surface area contributed by atoms with E-state index in [9.17, 15) is 18.4 Å². The molecule has 2 rings (SSSR count). The van der Waals surface area contributed by atoms with Crippen molar-refractivity contribution >= 4 is 17.5 Å². The van der Waals surface area contributed by atoms with Gasteiger partial charge in [-0.3, -0.25) is 9.59 Å². The van der Waals surface area contributed by atoms with Gasteiger partial charge in [-0.05, 0) is 51.7 Å². The van der Waals surface area contributed by atoms with Crippen LogP contribution in [0.3, 0.4) is 0 Å². The van der Waals surface area contributed by atoms with Gasteiger partial charge in [0.2, 0.25) is 11.8 Å². The Morgan fingerprint density at radius 2 is 1.54 bits per heavy atom. The summed E-state index contributed by atoms with van der Waals surface area (Å²) in [4.78, 5) is 26.4. The van der Waals surface area contributed by atoms with Crippen molar-refractivity contribution in [3.8, 4) is 0 Å². The maximum absolute atomic E-state index is 13.6. The van der Waals surface area contributed by atoms with Crippen molar-refractivity contribution in [3.63, 3.8) is 0 Å². The molecule has 0 saturated heterocycles. The van der Waals surface area contributed by atoms with Gasteiger partial charge in [0, 0.05) is 24.9 Å². The van der Waals surface area contributed by atoms with Gasteiger partial charge in [0.25, 0.3) is 0 Å². The highest BCUT2D eigenvalue weighted by molar-refractivity contribution is 5.93. The molecule has 6 heteroatoms. The zero-order valence-corrected chi connectivity index (χ0v) is 14.1. The summed E-state index contributed by atoms with van der Waals surface area (Å²) >= 11 is 0. The van der Waals surface area contributed by atoms with Gasteiger partial charge in [0.1, 0.15) is 17.3 Å². The van der Waals surface area contributed by atoms with E-state index >= 15 is 0 Å². The standard InChI is InChI=1S/C18H24F2N2O2/c1-3-22(4-2)18(24)13-10-8-12(9-11-13)17(23)21-16-14(19)6-5-7-15(16)20/h5-7,12-13H,3-4,8-11H2,1-2H3,(H,21,23). The van der Waals surface area contributed by atoms with Gasteiger partial charge < -0.3 is 10.2 Å². The topological polar surface area (TPSA) is 49.4 Å². The van der Waals surface area contributed by atoms with Gasteiger partial charge >= 0.3 is 0 Å². The molecule has 0 unspecified atom stereocenters. The first-order valence-electron chi connectivity index (χ1n) is 8.51. The average Bonchev–Trinajstić information content (AvgIpc) is 2.59. The molecule has 1 aromatic carbocycles. The second-order valence-electron chi connectivity index (χ2n) is 6.14. The summed E-state index contributed by atoms with van der Waals surface area (Å²) in [6.07, 6.45) is 2.37. The Balaban J connectivity index is 1.92. The Kier molecular flexibility index (Phi) is 6.29. The fraction of sp³-hybridized carbons (Fsp3) is 0.556. The van der Waals surface area contributed by atoms with E-state index in [1.165, 1.54) is 6.07 Å². The van der Waals surface area contributed by atoms with E-state index in [4.69, 9.17) is 0 Å². The predicted molar refractivity (Wildman–Crippen MR) is 88.4 cm³/mol. The normalized spacial score (nSPS) is 20.5. The lowest BCUT2D eigenvalue weighted by Gasteiger charge is -2.30. The summed E-state index contributed by atoms with van der Waals surface area (Å²) < 4.78 is 27.2. The third-order valence-electron chi connectivity index (χ3n) is 4.73. The molecule has 1 N–H and O–H groups in total. The smallest absolute Gasteiger partial charge is 0.227 e. The average molecular weight is 338 g/mol. The number of anilines is 1. The van der Waals surface area contributed by atoms with E-state index in [1.54, 1.807) is 4.90 Å². The van der Waals surface area contributed by atoms with Crippen LogP contribution in [0.25, 0.3) is 0 Å². The van der Waals surface area contributed by atoms with E-state index in [1.807, 2.05) is 13.8 Å². The SMILES string of the molecule is CCN(CC)C(=O)C1CCC(C(=O)Nc2c(F)cccc2F)CC1. The molecule has 0 aliphatic heterocycles. The highest BCUT2D eigenvalue weighted by atomic mass is 19.1. The number of rotatable bonds is 5. The first-order chi connectivity index (χ1) is 11.5. The number of benzene rings is 1. The first kappa shape index (κ1) is 18.4. The molecule has 0 bridgehead atoms. The summed E-state index contributed by atoms with van der Waals surface area (Å²) in [5, 5.41) is 2.35. The number of hydrogen-bond donors (Lipinski definition) is 1. The molecule has 4 nitrogen and oxygen atoms in total. The molecule has 1 aromatic rings. The zero-order chi connectivity index (χ0) is 17.7. The summed E-state index contributed by atoms with van der Waals surface area (Å²) in [6.45, 7) is 5.26. The van der Waals surface area contributed by atoms with Gasteiger partial charge in [0.15, 0.2) is 0 Å². The molecule has 2 amide bonds. The summed E-state index contributed by atoms with van der Waals surface area (Å²) in [5.74, 6) is -2.18. The highest BCUT2D eigenvalue weighted by Gasteiger charge is 2.32. The second kappa shape index (κ2) is 8.22. The molecule has 1 aliphatic carbocycles. The number of hydrogen-bond acceptors (Lipinski definition) is 2. The molecule has 0 heterocycles. The molecule has 1 aliphatic rings. The number of carbonyl (C=O) groups excluding carboxylic acids is 2.